The van der Waals surface area contributed by atoms with Crippen LogP contribution in [0, 0.1) is 0 Å². The molecule has 0 aliphatic rings. The van der Waals surface area contributed by atoms with E-state index in [0.29, 0.717) is 0 Å². The van der Waals surface area contributed by atoms with Crippen LogP contribution in [0.3, 0.4) is 0 Å². The van der Waals surface area contributed by atoms with Gasteiger partial charge in [0.1, 0.15) is 0 Å². The first-order valence-electron chi connectivity index (χ1n) is 4.82. The standard InChI is InChI=1S/C8H19NO6S/c1-8(5-10,6-11)9-4-7(12)2-3-16(13,14)15/h7,9-12H,2-6H2,1H3,(H,13,14,15). The van der Waals surface area contributed by atoms with Gasteiger partial charge < -0.3 is 20.6 Å². The van der Waals surface area contributed by atoms with Gasteiger partial charge >= 0.3 is 0 Å². The fourth-order valence-electron chi connectivity index (χ4n) is 0.913. The van der Waals surface area contributed by atoms with Crippen LogP contribution in [0.4, 0.5) is 0 Å². The van der Waals surface area contributed by atoms with Crippen molar-refractivity contribution in [2.24, 2.45) is 0 Å². The Bertz CT molecular complexity index is 287. The van der Waals surface area contributed by atoms with Crippen LogP contribution in [0.25, 0.3) is 0 Å². The smallest absolute Gasteiger partial charge is 0.264 e. The molecule has 0 aromatic heterocycles. The molecular formula is C8H19NO6S. The van der Waals surface area contributed by atoms with Crippen LogP contribution in [0.2, 0.25) is 0 Å². The Morgan fingerprint density at radius 3 is 2.19 bits per heavy atom. The number of β-amino-alcohol motifs (C(OH)–C–C–N with tert-alkyl or cyclic N) is 1. The molecular weight excluding hydrogens is 238 g/mol. The second-order valence-corrected chi connectivity index (χ2v) is 5.56. The molecule has 1 atom stereocenters. The Hall–Kier alpha value is -0.250. The third-order valence-corrected chi connectivity index (χ3v) is 2.92. The van der Waals surface area contributed by atoms with Gasteiger partial charge in [0.25, 0.3) is 10.1 Å². The molecule has 0 aromatic carbocycles. The molecule has 5 N–H and O–H groups in total. The number of hydrogen-bond donors (Lipinski definition) is 5. The summed E-state index contributed by atoms with van der Waals surface area (Å²) in [6, 6.07) is 0. The molecule has 0 radical (unpaired) electrons. The number of rotatable bonds is 8. The zero-order chi connectivity index (χ0) is 12.8. The predicted octanol–water partition coefficient (Wildman–Crippen LogP) is -2.04. The summed E-state index contributed by atoms with van der Waals surface area (Å²) >= 11 is 0. The molecule has 0 saturated carbocycles. The fourth-order valence-corrected chi connectivity index (χ4v) is 1.48. The first-order chi connectivity index (χ1) is 7.22. The van der Waals surface area contributed by atoms with Gasteiger partial charge in [-0.05, 0) is 13.3 Å². The lowest BCUT2D eigenvalue weighted by molar-refractivity contribution is 0.0838. The minimum absolute atomic E-state index is 0.0210. The minimum Gasteiger partial charge on any atom is -0.394 e. The zero-order valence-electron chi connectivity index (χ0n) is 9.13. The minimum atomic E-state index is -4.07. The summed E-state index contributed by atoms with van der Waals surface area (Å²) in [4.78, 5) is 0. The zero-order valence-corrected chi connectivity index (χ0v) is 9.94. The highest BCUT2D eigenvalue weighted by Gasteiger charge is 2.22. The largest absolute Gasteiger partial charge is 0.394 e. The molecule has 0 rings (SSSR count). The van der Waals surface area contributed by atoms with E-state index < -0.39 is 27.5 Å². The van der Waals surface area contributed by atoms with E-state index in [1.807, 2.05) is 0 Å². The van der Waals surface area contributed by atoms with Crippen molar-refractivity contribution in [1.82, 2.24) is 5.32 Å². The summed E-state index contributed by atoms with van der Waals surface area (Å²) in [5, 5.41) is 29.9. The molecule has 0 amide bonds. The molecule has 0 bridgehead atoms. The van der Waals surface area contributed by atoms with Crippen LogP contribution in [0.1, 0.15) is 13.3 Å². The van der Waals surface area contributed by atoms with Crippen molar-refractivity contribution >= 4 is 10.1 Å². The summed E-state index contributed by atoms with van der Waals surface area (Å²) in [5.41, 5.74) is -0.918. The van der Waals surface area contributed by atoms with Crippen molar-refractivity contribution in [2.75, 3.05) is 25.5 Å². The third kappa shape index (κ3) is 7.09. The summed E-state index contributed by atoms with van der Waals surface area (Å²) in [6.07, 6.45) is -1.09. The number of aliphatic hydroxyl groups excluding tert-OH is 3. The fraction of sp³-hybridized carbons (Fsp3) is 1.00. The topological polar surface area (TPSA) is 127 Å². The number of aliphatic hydroxyl groups is 3. The Morgan fingerprint density at radius 2 is 1.81 bits per heavy atom. The van der Waals surface area contributed by atoms with Gasteiger partial charge in [-0.15, -0.1) is 0 Å². The van der Waals surface area contributed by atoms with E-state index in [0.717, 1.165) is 0 Å². The van der Waals surface area contributed by atoms with E-state index in [2.05, 4.69) is 5.32 Å². The Labute approximate surface area is 94.9 Å². The highest BCUT2D eigenvalue weighted by molar-refractivity contribution is 7.85. The van der Waals surface area contributed by atoms with Gasteiger partial charge in [-0.25, -0.2) is 0 Å². The van der Waals surface area contributed by atoms with Crippen molar-refractivity contribution in [1.29, 1.82) is 0 Å². The number of nitrogens with one attached hydrogen (secondary N) is 1. The van der Waals surface area contributed by atoms with Crippen molar-refractivity contribution in [3.8, 4) is 0 Å². The van der Waals surface area contributed by atoms with Crippen LogP contribution >= 0.6 is 0 Å². The molecule has 0 aliphatic carbocycles. The maximum absolute atomic E-state index is 10.4. The maximum Gasteiger partial charge on any atom is 0.264 e. The summed E-state index contributed by atoms with van der Waals surface area (Å²) in [5.74, 6) is -0.523. The summed E-state index contributed by atoms with van der Waals surface area (Å²) in [6.45, 7) is 0.957. The molecule has 98 valence electrons. The number of hydrogen-bond acceptors (Lipinski definition) is 6. The molecule has 0 saturated heterocycles. The molecule has 8 heteroatoms. The SMILES string of the molecule is CC(CO)(CO)NCC(O)CCS(=O)(=O)O. The molecule has 0 heterocycles. The molecule has 0 aliphatic heterocycles. The van der Waals surface area contributed by atoms with E-state index in [1.165, 1.54) is 0 Å². The summed E-state index contributed by atoms with van der Waals surface area (Å²) < 4.78 is 29.2. The highest BCUT2D eigenvalue weighted by Crippen LogP contribution is 2.02. The Morgan fingerprint density at radius 1 is 1.31 bits per heavy atom. The van der Waals surface area contributed by atoms with E-state index in [4.69, 9.17) is 14.8 Å². The van der Waals surface area contributed by atoms with Crippen LogP contribution in [0.15, 0.2) is 0 Å². The van der Waals surface area contributed by atoms with Gasteiger partial charge in [0.05, 0.1) is 30.6 Å². The van der Waals surface area contributed by atoms with Gasteiger partial charge in [0, 0.05) is 6.54 Å². The van der Waals surface area contributed by atoms with Crippen LogP contribution < -0.4 is 5.32 Å². The van der Waals surface area contributed by atoms with E-state index >= 15 is 0 Å². The summed E-state index contributed by atoms with van der Waals surface area (Å²) in [7, 11) is -4.07. The average molecular weight is 257 g/mol. The average Bonchev–Trinajstić information content (AvgIpc) is 2.22. The van der Waals surface area contributed by atoms with Crippen molar-refractivity contribution in [2.45, 2.75) is 25.0 Å². The van der Waals surface area contributed by atoms with E-state index in [-0.39, 0.29) is 26.2 Å². The normalized spacial score (nSPS) is 15.1. The molecule has 0 fully saturated rings. The van der Waals surface area contributed by atoms with Crippen LogP contribution in [-0.4, -0.2) is 65.4 Å². The maximum atomic E-state index is 10.4. The molecule has 1 unspecified atom stereocenters. The Balaban J connectivity index is 3.94. The van der Waals surface area contributed by atoms with Gasteiger partial charge in [-0.2, -0.15) is 8.42 Å². The second kappa shape index (κ2) is 6.48. The van der Waals surface area contributed by atoms with Gasteiger partial charge in [-0.1, -0.05) is 0 Å². The Kier molecular flexibility index (Phi) is 6.38. The lowest BCUT2D eigenvalue weighted by Gasteiger charge is -2.27. The van der Waals surface area contributed by atoms with Gasteiger partial charge in [0.2, 0.25) is 0 Å². The molecule has 7 nitrogen and oxygen atoms in total. The first-order valence-corrected chi connectivity index (χ1v) is 6.43. The van der Waals surface area contributed by atoms with Crippen molar-refractivity contribution in [3.05, 3.63) is 0 Å². The van der Waals surface area contributed by atoms with Gasteiger partial charge in [0.15, 0.2) is 0 Å². The van der Waals surface area contributed by atoms with Crippen molar-refractivity contribution < 1.29 is 28.3 Å². The predicted molar refractivity (Wildman–Crippen MR) is 57.6 cm³/mol. The van der Waals surface area contributed by atoms with Crippen LogP contribution in [0.5, 0.6) is 0 Å². The van der Waals surface area contributed by atoms with Crippen molar-refractivity contribution in [3.63, 3.8) is 0 Å². The van der Waals surface area contributed by atoms with E-state index in [1.54, 1.807) is 6.92 Å². The first kappa shape index (κ1) is 15.8. The van der Waals surface area contributed by atoms with Crippen LogP contribution in [-0.2, 0) is 10.1 Å². The third-order valence-electron chi connectivity index (χ3n) is 2.17. The lowest BCUT2D eigenvalue weighted by atomic mass is 10.1. The molecule has 16 heavy (non-hydrogen) atoms. The molecule has 0 aromatic rings. The monoisotopic (exact) mass is 257 g/mol. The quantitative estimate of drug-likeness (QED) is 0.317. The lowest BCUT2D eigenvalue weighted by Crippen LogP contribution is -2.51. The van der Waals surface area contributed by atoms with E-state index in [9.17, 15) is 13.5 Å². The van der Waals surface area contributed by atoms with Gasteiger partial charge in [-0.3, -0.25) is 4.55 Å². The highest BCUT2D eigenvalue weighted by atomic mass is 32.2. The second-order valence-electron chi connectivity index (χ2n) is 3.99. The molecule has 0 spiro atoms.